The van der Waals surface area contributed by atoms with Gasteiger partial charge in [0.25, 0.3) is 0 Å². The molecule has 0 N–H and O–H groups in total. The molecule has 0 atom stereocenters. The molecule has 48 valence electrons. The summed E-state index contributed by atoms with van der Waals surface area (Å²) in [7, 11) is 0. The monoisotopic (exact) mass is 200 g/mol. The van der Waals surface area contributed by atoms with Gasteiger partial charge in [0.1, 0.15) is 0 Å². The number of benzene rings is 1. The predicted molar refractivity (Wildman–Crippen MR) is 42.1 cm³/mol. The summed E-state index contributed by atoms with van der Waals surface area (Å²) in [6.07, 6.45) is 0. The standard InChI is InChI=1S/C6H4Cl2S.Na/c7-4-1-5(8)3-6(9)2-4;/h1-3,9H;/q;+1/p-1. The van der Waals surface area contributed by atoms with Gasteiger partial charge >= 0.3 is 29.6 Å². The van der Waals surface area contributed by atoms with Crippen LogP contribution in [0.3, 0.4) is 0 Å². The summed E-state index contributed by atoms with van der Waals surface area (Å²) < 4.78 is 0. The van der Waals surface area contributed by atoms with Gasteiger partial charge < -0.3 is 12.6 Å². The van der Waals surface area contributed by atoms with Gasteiger partial charge in [-0.05, 0) is 6.07 Å². The van der Waals surface area contributed by atoms with E-state index in [0.29, 0.717) is 14.9 Å². The molecule has 0 radical (unpaired) electrons. The van der Waals surface area contributed by atoms with Crippen molar-refractivity contribution in [3.8, 4) is 0 Å². The Balaban J connectivity index is 0.000000810. The Morgan fingerprint density at radius 1 is 1.00 bits per heavy atom. The Hall–Kier alpha value is 1.02. The molecule has 0 aliphatic carbocycles. The van der Waals surface area contributed by atoms with Crippen LogP contribution in [0, 0.1) is 0 Å². The van der Waals surface area contributed by atoms with E-state index in [-0.39, 0.29) is 29.6 Å². The maximum absolute atomic E-state index is 5.60. The molecular formula is C6H3Cl2NaS. The molecule has 0 nitrogen and oxygen atoms in total. The number of hydrogen-bond donors (Lipinski definition) is 0. The van der Waals surface area contributed by atoms with Gasteiger partial charge in [-0.1, -0.05) is 35.3 Å². The van der Waals surface area contributed by atoms with E-state index in [1.54, 1.807) is 18.2 Å². The normalized spacial score (nSPS) is 8.60. The fraction of sp³-hybridized carbons (Fsp3) is 0. The molecule has 0 fully saturated rings. The first-order valence-corrected chi connectivity index (χ1v) is 3.48. The minimum absolute atomic E-state index is 0. The maximum Gasteiger partial charge on any atom is 1.00 e. The van der Waals surface area contributed by atoms with Gasteiger partial charge in [-0.2, -0.15) is 4.90 Å². The molecule has 0 aromatic heterocycles. The van der Waals surface area contributed by atoms with E-state index in [1.165, 1.54) is 0 Å². The molecule has 1 aromatic carbocycles. The summed E-state index contributed by atoms with van der Waals surface area (Å²) in [6, 6.07) is 5.02. The first-order chi connectivity index (χ1) is 4.18. The van der Waals surface area contributed by atoms with Crippen molar-refractivity contribution in [2.45, 2.75) is 4.90 Å². The molecule has 0 heterocycles. The van der Waals surface area contributed by atoms with Crippen LogP contribution in [-0.2, 0) is 12.6 Å². The SMILES string of the molecule is [Na+].[S-]c1cc(Cl)cc(Cl)c1. The summed E-state index contributed by atoms with van der Waals surface area (Å²) in [4.78, 5) is 0.674. The van der Waals surface area contributed by atoms with Crippen LogP contribution < -0.4 is 29.6 Å². The third-order valence-electron chi connectivity index (χ3n) is 0.836. The van der Waals surface area contributed by atoms with E-state index >= 15 is 0 Å². The van der Waals surface area contributed by atoms with Crippen LogP contribution in [0.5, 0.6) is 0 Å². The molecule has 1 aromatic rings. The molecule has 0 saturated heterocycles. The van der Waals surface area contributed by atoms with Crippen LogP contribution in [-0.4, -0.2) is 0 Å². The molecule has 0 spiro atoms. The summed E-state index contributed by atoms with van der Waals surface area (Å²) in [5.74, 6) is 0. The van der Waals surface area contributed by atoms with Gasteiger partial charge in [-0.15, -0.1) is 0 Å². The predicted octanol–water partition coefficient (Wildman–Crippen LogP) is -0.0968. The van der Waals surface area contributed by atoms with Gasteiger partial charge in [-0.3, -0.25) is 0 Å². The van der Waals surface area contributed by atoms with E-state index < -0.39 is 0 Å². The zero-order valence-corrected chi connectivity index (χ0v) is 9.72. The van der Waals surface area contributed by atoms with Crippen molar-refractivity contribution >= 4 is 35.8 Å². The summed E-state index contributed by atoms with van der Waals surface area (Å²) >= 11 is 16.0. The quantitative estimate of drug-likeness (QED) is 0.417. The molecule has 0 amide bonds. The molecule has 10 heavy (non-hydrogen) atoms. The van der Waals surface area contributed by atoms with Crippen LogP contribution in [0.4, 0.5) is 0 Å². The van der Waals surface area contributed by atoms with Gasteiger partial charge in [0, 0.05) is 10.0 Å². The number of rotatable bonds is 0. The molecular weight excluding hydrogens is 198 g/mol. The maximum atomic E-state index is 5.60. The molecule has 0 saturated carbocycles. The van der Waals surface area contributed by atoms with Crippen molar-refractivity contribution in [3.05, 3.63) is 28.2 Å². The minimum atomic E-state index is 0. The first-order valence-electron chi connectivity index (χ1n) is 2.31. The number of hydrogen-bond acceptors (Lipinski definition) is 1. The van der Waals surface area contributed by atoms with Gasteiger partial charge in [0.05, 0.1) is 0 Å². The largest absolute Gasteiger partial charge is 1.00 e. The van der Waals surface area contributed by atoms with Crippen molar-refractivity contribution in [1.82, 2.24) is 0 Å². The Morgan fingerprint density at radius 2 is 1.40 bits per heavy atom. The van der Waals surface area contributed by atoms with E-state index in [4.69, 9.17) is 35.8 Å². The van der Waals surface area contributed by atoms with E-state index in [2.05, 4.69) is 0 Å². The molecule has 0 bridgehead atoms. The Morgan fingerprint density at radius 3 is 1.70 bits per heavy atom. The average Bonchev–Trinajstić information content (AvgIpc) is 1.59. The zero-order chi connectivity index (χ0) is 6.85. The van der Waals surface area contributed by atoms with Crippen LogP contribution in [0.2, 0.25) is 10.0 Å². The Kier molecular flexibility index (Phi) is 5.30. The molecule has 0 unspecified atom stereocenters. The average molecular weight is 201 g/mol. The van der Waals surface area contributed by atoms with Gasteiger partial charge in [-0.25, -0.2) is 0 Å². The van der Waals surface area contributed by atoms with Crippen LogP contribution >= 0.6 is 23.2 Å². The van der Waals surface area contributed by atoms with Crippen LogP contribution in [0.1, 0.15) is 0 Å². The van der Waals surface area contributed by atoms with E-state index in [9.17, 15) is 0 Å². The molecule has 4 heteroatoms. The van der Waals surface area contributed by atoms with Crippen molar-refractivity contribution in [3.63, 3.8) is 0 Å². The Bertz CT molecular complexity index is 177. The molecule has 1 rings (SSSR count). The third-order valence-corrected chi connectivity index (χ3v) is 1.51. The molecule has 0 aliphatic rings. The third kappa shape index (κ3) is 3.42. The second-order valence-corrected chi connectivity index (χ2v) is 2.95. The number of halogens is 2. The minimum Gasteiger partial charge on any atom is -0.780 e. The second-order valence-electron chi connectivity index (χ2n) is 1.61. The van der Waals surface area contributed by atoms with Crippen LogP contribution in [0.25, 0.3) is 0 Å². The van der Waals surface area contributed by atoms with Crippen molar-refractivity contribution in [2.24, 2.45) is 0 Å². The van der Waals surface area contributed by atoms with E-state index in [1.807, 2.05) is 0 Å². The summed E-state index contributed by atoms with van der Waals surface area (Å²) in [6.45, 7) is 0. The summed E-state index contributed by atoms with van der Waals surface area (Å²) in [5, 5.41) is 1.18. The van der Waals surface area contributed by atoms with Crippen molar-refractivity contribution in [1.29, 1.82) is 0 Å². The van der Waals surface area contributed by atoms with Gasteiger partial charge in [0.2, 0.25) is 0 Å². The van der Waals surface area contributed by atoms with Crippen molar-refractivity contribution < 1.29 is 29.6 Å². The van der Waals surface area contributed by atoms with Crippen LogP contribution in [0.15, 0.2) is 23.1 Å². The fourth-order valence-corrected chi connectivity index (χ4v) is 1.44. The zero-order valence-electron chi connectivity index (χ0n) is 5.40. The first kappa shape index (κ1) is 11.0. The van der Waals surface area contributed by atoms with E-state index in [0.717, 1.165) is 0 Å². The van der Waals surface area contributed by atoms with Crippen molar-refractivity contribution in [2.75, 3.05) is 0 Å². The second kappa shape index (κ2) is 4.81. The smallest absolute Gasteiger partial charge is 0.780 e. The fourth-order valence-electron chi connectivity index (χ4n) is 0.529. The molecule has 0 aliphatic heterocycles. The van der Waals surface area contributed by atoms with Gasteiger partial charge in [0.15, 0.2) is 0 Å². The Labute approximate surface area is 97.6 Å². The topological polar surface area (TPSA) is 0 Å². The summed E-state index contributed by atoms with van der Waals surface area (Å²) in [5.41, 5.74) is 0.